The van der Waals surface area contributed by atoms with Crippen LogP contribution in [0.5, 0.6) is 0 Å². The molecule has 0 radical (unpaired) electrons. The predicted octanol–water partition coefficient (Wildman–Crippen LogP) is 3.84. The molecule has 2 nitrogen and oxygen atoms in total. The van der Waals surface area contributed by atoms with Crippen molar-refractivity contribution in [2.45, 2.75) is 13.1 Å². The highest BCUT2D eigenvalue weighted by Crippen LogP contribution is 2.32. The van der Waals surface area contributed by atoms with Gasteiger partial charge in [0, 0.05) is 17.6 Å². The number of fused-ring (bicyclic) bond motifs is 1. The fraction of sp³-hybridized carbons (Fsp3) is 0.133. The first kappa shape index (κ1) is 11.3. The Labute approximate surface area is 115 Å². The standard InChI is InChI=1S/C15H11BrN2/c16-14-6-5-11(8-17)15(7-14)18-9-12-3-1-2-4-13(12)10-18/h1-7H,9-10H2. The van der Waals surface area contributed by atoms with Crippen LogP contribution in [0.1, 0.15) is 16.7 Å². The lowest BCUT2D eigenvalue weighted by Crippen LogP contribution is -2.15. The Balaban J connectivity index is 2.00. The summed E-state index contributed by atoms with van der Waals surface area (Å²) in [5, 5.41) is 9.19. The molecule has 0 spiro atoms. The van der Waals surface area contributed by atoms with Gasteiger partial charge in [0.15, 0.2) is 0 Å². The molecular formula is C15H11BrN2. The van der Waals surface area contributed by atoms with Crippen LogP contribution in [0, 0.1) is 11.3 Å². The molecule has 0 aromatic heterocycles. The molecule has 18 heavy (non-hydrogen) atoms. The van der Waals surface area contributed by atoms with Crippen LogP contribution in [0.25, 0.3) is 0 Å². The highest BCUT2D eigenvalue weighted by molar-refractivity contribution is 9.10. The topological polar surface area (TPSA) is 27.0 Å². The third-order valence-corrected chi connectivity index (χ3v) is 3.75. The summed E-state index contributed by atoms with van der Waals surface area (Å²) in [6.45, 7) is 1.75. The van der Waals surface area contributed by atoms with Crippen molar-refractivity contribution in [2.24, 2.45) is 0 Å². The molecule has 2 aromatic carbocycles. The van der Waals surface area contributed by atoms with Crippen molar-refractivity contribution in [3.05, 3.63) is 63.6 Å². The fourth-order valence-electron chi connectivity index (χ4n) is 2.36. The van der Waals surface area contributed by atoms with E-state index in [1.54, 1.807) is 0 Å². The van der Waals surface area contributed by atoms with Crippen LogP contribution >= 0.6 is 15.9 Å². The summed E-state index contributed by atoms with van der Waals surface area (Å²) >= 11 is 3.47. The van der Waals surface area contributed by atoms with Gasteiger partial charge < -0.3 is 4.90 Å². The number of benzene rings is 2. The summed E-state index contributed by atoms with van der Waals surface area (Å²) in [5.74, 6) is 0. The molecule has 0 atom stereocenters. The molecule has 0 saturated carbocycles. The maximum Gasteiger partial charge on any atom is 0.101 e. The first-order valence-corrected chi connectivity index (χ1v) is 6.58. The molecule has 0 aliphatic carbocycles. The molecular weight excluding hydrogens is 288 g/mol. The summed E-state index contributed by atoms with van der Waals surface area (Å²) in [6, 6.07) is 16.5. The summed E-state index contributed by atoms with van der Waals surface area (Å²) in [5.41, 5.74) is 4.43. The number of halogens is 1. The van der Waals surface area contributed by atoms with Crippen LogP contribution in [0.15, 0.2) is 46.9 Å². The van der Waals surface area contributed by atoms with Crippen LogP contribution in [0.3, 0.4) is 0 Å². The number of nitriles is 1. The van der Waals surface area contributed by atoms with E-state index < -0.39 is 0 Å². The monoisotopic (exact) mass is 298 g/mol. The maximum atomic E-state index is 9.19. The molecule has 88 valence electrons. The summed E-state index contributed by atoms with van der Waals surface area (Å²) in [6.07, 6.45) is 0. The molecule has 3 heteroatoms. The second kappa shape index (κ2) is 4.47. The van der Waals surface area contributed by atoms with Gasteiger partial charge in [-0.05, 0) is 29.3 Å². The number of hydrogen-bond donors (Lipinski definition) is 0. The van der Waals surface area contributed by atoms with Gasteiger partial charge in [-0.3, -0.25) is 0 Å². The molecule has 1 aliphatic rings. The van der Waals surface area contributed by atoms with Crippen LogP contribution < -0.4 is 4.90 Å². The molecule has 2 aromatic rings. The minimum Gasteiger partial charge on any atom is -0.362 e. The van der Waals surface area contributed by atoms with Crippen molar-refractivity contribution in [1.29, 1.82) is 5.26 Å². The molecule has 0 bridgehead atoms. The SMILES string of the molecule is N#Cc1ccc(Br)cc1N1Cc2ccccc2C1. The Kier molecular flexibility index (Phi) is 2.81. The van der Waals surface area contributed by atoms with Gasteiger partial charge in [-0.1, -0.05) is 40.2 Å². The van der Waals surface area contributed by atoms with Gasteiger partial charge in [-0.2, -0.15) is 5.26 Å². The number of rotatable bonds is 1. The first-order chi connectivity index (χ1) is 8.78. The molecule has 0 unspecified atom stereocenters. The van der Waals surface area contributed by atoms with E-state index in [-0.39, 0.29) is 0 Å². The maximum absolute atomic E-state index is 9.19. The van der Waals surface area contributed by atoms with Gasteiger partial charge in [0.2, 0.25) is 0 Å². The van der Waals surface area contributed by atoms with E-state index in [4.69, 9.17) is 0 Å². The van der Waals surface area contributed by atoms with Gasteiger partial charge >= 0.3 is 0 Å². The molecule has 0 fully saturated rings. The minimum absolute atomic E-state index is 0.728. The van der Waals surface area contributed by atoms with Crippen molar-refractivity contribution in [3.63, 3.8) is 0 Å². The zero-order valence-corrected chi connectivity index (χ0v) is 11.3. The largest absolute Gasteiger partial charge is 0.362 e. The average Bonchev–Trinajstić information content (AvgIpc) is 2.82. The fourth-order valence-corrected chi connectivity index (χ4v) is 2.71. The summed E-state index contributed by atoms with van der Waals surface area (Å²) < 4.78 is 1.01. The van der Waals surface area contributed by atoms with Crippen molar-refractivity contribution in [1.82, 2.24) is 0 Å². The third kappa shape index (κ3) is 1.89. The zero-order chi connectivity index (χ0) is 12.5. The molecule has 0 amide bonds. The lowest BCUT2D eigenvalue weighted by atomic mass is 10.1. The predicted molar refractivity (Wildman–Crippen MR) is 75.2 cm³/mol. The second-order valence-corrected chi connectivity index (χ2v) is 5.31. The molecule has 3 rings (SSSR count). The van der Waals surface area contributed by atoms with Crippen LogP contribution in [0.4, 0.5) is 5.69 Å². The van der Waals surface area contributed by atoms with Crippen LogP contribution in [-0.4, -0.2) is 0 Å². The number of anilines is 1. The Morgan fingerprint density at radius 1 is 1.06 bits per heavy atom. The Bertz CT molecular complexity index is 618. The Hall–Kier alpha value is -1.79. The lowest BCUT2D eigenvalue weighted by Gasteiger charge is -2.19. The Morgan fingerprint density at radius 3 is 2.33 bits per heavy atom. The molecule has 0 saturated heterocycles. The van der Waals surface area contributed by atoms with Gasteiger partial charge in [0.1, 0.15) is 6.07 Å². The van der Waals surface area contributed by atoms with E-state index >= 15 is 0 Å². The van der Waals surface area contributed by atoms with Crippen molar-refractivity contribution in [2.75, 3.05) is 4.90 Å². The normalized spacial score (nSPS) is 13.2. The van der Waals surface area contributed by atoms with Crippen LogP contribution in [0.2, 0.25) is 0 Å². The van der Waals surface area contributed by atoms with Gasteiger partial charge in [-0.25, -0.2) is 0 Å². The highest BCUT2D eigenvalue weighted by Gasteiger charge is 2.20. The average molecular weight is 299 g/mol. The van der Waals surface area contributed by atoms with Gasteiger partial charge in [0.25, 0.3) is 0 Å². The lowest BCUT2D eigenvalue weighted by molar-refractivity contribution is 0.878. The zero-order valence-electron chi connectivity index (χ0n) is 9.73. The number of hydrogen-bond acceptors (Lipinski definition) is 2. The Morgan fingerprint density at radius 2 is 1.72 bits per heavy atom. The van der Waals surface area contributed by atoms with Crippen molar-refractivity contribution < 1.29 is 0 Å². The second-order valence-electron chi connectivity index (χ2n) is 4.40. The smallest absolute Gasteiger partial charge is 0.101 e. The van der Waals surface area contributed by atoms with Crippen molar-refractivity contribution in [3.8, 4) is 6.07 Å². The van der Waals surface area contributed by atoms with E-state index in [1.807, 2.05) is 18.2 Å². The summed E-state index contributed by atoms with van der Waals surface area (Å²) in [7, 11) is 0. The molecule has 0 N–H and O–H groups in total. The van der Waals surface area contributed by atoms with E-state index in [9.17, 15) is 5.26 Å². The first-order valence-electron chi connectivity index (χ1n) is 5.79. The third-order valence-electron chi connectivity index (χ3n) is 3.26. The number of nitrogens with zero attached hydrogens (tertiary/aromatic N) is 2. The minimum atomic E-state index is 0.728. The van der Waals surface area contributed by atoms with E-state index in [0.29, 0.717) is 0 Å². The van der Waals surface area contributed by atoms with E-state index in [1.165, 1.54) is 11.1 Å². The van der Waals surface area contributed by atoms with E-state index in [2.05, 4.69) is 51.2 Å². The van der Waals surface area contributed by atoms with E-state index in [0.717, 1.165) is 28.8 Å². The molecule has 1 heterocycles. The quantitative estimate of drug-likeness (QED) is 0.800. The van der Waals surface area contributed by atoms with Crippen molar-refractivity contribution >= 4 is 21.6 Å². The van der Waals surface area contributed by atoms with Crippen LogP contribution in [-0.2, 0) is 13.1 Å². The summed E-state index contributed by atoms with van der Waals surface area (Å²) in [4.78, 5) is 2.24. The highest BCUT2D eigenvalue weighted by atomic mass is 79.9. The van der Waals surface area contributed by atoms with Gasteiger partial charge in [-0.15, -0.1) is 0 Å². The molecule has 1 aliphatic heterocycles. The van der Waals surface area contributed by atoms with Gasteiger partial charge in [0.05, 0.1) is 11.3 Å².